The summed E-state index contributed by atoms with van der Waals surface area (Å²) in [6, 6.07) is 6.90. The van der Waals surface area contributed by atoms with E-state index < -0.39 is 14.9 Å². The third kappa shape index (κ3) is 8.23. The van der Waals surface area contributed by atoms with Crippen molar-refractivity contribution < 1.29 is 32.2 Å². The monoisotopic (exact) mass is 643 g/mol. The normalized spacial score (nSPS) is 18.0. The van der Waals surface area contributed by atoms with Crippen molar-refractivity contribution in [2.75, 3.05) is 40.0 Å². The number of carbonyl (C=O) groups is 1. The summed E-state index contributed by atoms with van der Waals surface area (Å²) < 4.78 is 51.6. The fourth-order valence-electron chi connectivity index (χ4n) is 5.66. The van der Waals surface area contributed by atoms with Gasteiger partial charge in [0, 0.05) is 49.9 Å². The zero-order valence-electron chi connectivity index (χ0n) is 27.4. The molecule has 11 heteroatoms. The number of hydrogen-bond acceptors (Lipinski definition) is 7. The van der Waals surface area contributed by atoms with Crippen LogP contribution in [0, 0.1) is 11.8 Å². The maximum atomic E-state index is 13.4. The minimum atomic E-state index is -3.08. The number of ether oxygens (including phenoxy) is 3. The van der Waals surface area contributed by atoms with Gasteiger partial charge in [-0.05, 0) is 74.5 Å². The highest BCUT2D eigenvalue weighted by atomic mass is 28.4. The number of hydrogen-bond donors (Lipinski definition) is 0. The van der Waals surface area contributed by atoms with Crippen molar-refractivity contribution in [1.29, 1.82) is 0 Å². The number of methoxy groups -OCH3 is 1. The molecule has 2 fully saturated rings. The zero-order valence-corrected chi connectivity index (χ0v) is 28.4. The van der Waals surface area contributed by atoms with Crippen molar-refractivity contribution in [2.24, 2.45) is 11.8 Å². The number of aromatic nitrogens is 2. The number of rotatable bonds is 14. The maximum absolute atomic E-state index is 13.4. The van der Waals surface area contributed by atoms with E-state index >= 15 is 0 Å². The van der Waals surface area contributed by atoms with Crippen LogP contribution in [0.3, 0.4) is 0 Å². The molecule has 246 valence electrons. The molecule has 1 aliphatic heterocycles. The highest BCUT2D eigenvalue weighted by molar-refractivity contribution is 6.74. The molecule has 5 rings (SSSR count). The largest absolute Gasteiger partial charge is 0.496 e. The van der Waals surface area contributed by atoms with Crippen LogP contribution in [-0.2, 0) is 4.43 Å². The number of alkyl halides is 2. The van der Waals surface area contributed by atoms with Crippen LogP contribution in [0.5, 0.6) is 17.2 Å². The molecular weight excluding hydrogens is 596 g/mol. The van der Waals surface area contributed by atoms with E-state index in [9.17, 15) is 13.6 Å². The summed E-state index contributed by atoms with van der Waals surface area (Å²) in [5.74, 6) is 1.21. The number of nitrogens with zero attached hydrogens (tertiary/aromatic N) is 3. The van der Waals surface area contributed by atoms with Gasteiger partial charge >= 0.3 is 6.61 Å². The second-order valence-corrected chi connectivity index (χ2v) is 18.8. The van der Waals surface area contributed by atoms with Crippen LogP contribution < -0.4 is 14.2 Å². The first-order chi connectivity index (χ1) is 21.3. The van der Waals surface area contributed by atoms with Gasteiger partial charge in [-0.3, -0.25) is 9.20 Å². The van der Waals surface area contributed by atoms with Gasteiger partial charge in [-0.2, -0.15) is 8.78 Å². The summed E-state index contributed by atoms with van der Waals surface area (Å²) in [7, 11) is -0.326. The van der Waals surface area contributed by atoms with E-state index in [2.05, 4.69) is 43.7 Å². The number of pyridine rings is 1. The lowest BCUT2D eigenvalue weighted by Crippen LogP contribution is -2.44. The minimum Gasteiger partial charge on any atom is -0.496 e. The van der Waals surface area contributed by atoms with Crippen LogP contribution in [0.2, 0.25) is 18.1 Å². The van der Waals surface area contributed by atoms with Gasteiger partial charge in [0.1, 0.15) is 28.5 Å². The number of carbonyl (C=O) groups excluding carboxylic acids is 1. The molecule has 0 bridgehead atoms. The predicted octanol–water partition coefficient (Wildman–Crippen LogP) is 7.71. The summed E-state index contributed by atoms with van der Waals surface area (Å²) in [6.45, 7) is 12.7. The number of fused-ring (bicyclic) bond motifs is 1. The first-order valence-electron chi connectivity index (χ1n) is 16.0. The Morgan fingerprint density at radius 3 is 2.56 bits per heavy atom. The summed E-state index contributed by atoms with van der Waals surface area (Å²) in [6.07, 6.45) is 8.01. The van der Waals surface area contributed by atoms with Crippen LogP contribution >= 0.6 is 0 Å². The summed E-state index contributed by atoms with van der Waals surface area (Å²) in [5, 5.41) is 0.209. The molecular formula is C34H47F2N3O5Si. The Morgan fingerprint density at radius 2 is 1.87 bits per heavy atom. The van der Waals surface area contributed by atoms with Crippen molar-refractivity contribution in [3.05, 3.63) is 42.2 Å². The maximum Gasteiger partial charge on any atom is 0.387 e. The van der Waals surface area contributed by atoms with Gasteiger partial charge < -0.3 is 23.5 Å². The molecule has 2 aromatic heterocycles. The van der Waals surface area contributed by atoms with E-state index in [0.717, 1.165) is 57.7 Å². The fourth-order valence-corrected chi connectivity index (χ4v) is 6.70. The van der Waals surface area contributed by atoms with E-state index in [0.29, 0.717) is 35.3 Å². The molecule has 3 aromatic rings. The Balaban J connectivity index is 1.25. The molecule has 2 aliphatic rings. The lowest BCUT2D eigenvalue weighted by Gasteiger charge is -2.38. The van der Waals surface area contributed by atoms with Gasteiger partial charge in [-0.1, -0.05) is 20.8 Å². The van der Waals surface area contributed by atoms with Gasteiger partial charge in [-0.15, -0.1) is 0 Å². The van der Waals surface area contributed by atoms with Gasteiger partial charge in [0.2, 0.25) is 0 Å². The van der Waals surface area contributed by atoms with Crippen molar-refractivity contribution in [2.45, 2.75) is 77.6 Å². The number of Topliss-reactive ketones (excluding diaryl/α,β-unsaturated/α-hetero) is 1. The zero-order chi connectivity index (χ0) is 32.4. The lowest BCUT2D eigenvalue weighted by atomic mass is 9.99. The minimum absolute atomic E-state index is 0.0577. The number of halogens is 2. The predicted molar refractivity (Wildman–Crippen MR) is 173 cm³/mol. The van der Waals surface area contributed by atoms with Crippen molar-refractivity contribution in [3.63, 3.8) is 0 Å². The number of benzene rings is 1. The highest BCUT2D eigenvalue weighted by Gasteiger charge is 2.37. The smallest absolute Gasteiger partial charge is 0.387 e. The molecule has 0 spiro atoms. The van der Waals surface area contributed by atoms with Gasteiger partial charge in [0.15, 0.2) is 14.1 Å². The van der Waals surface area contributed by atoms with Crippen LogP contribution in [-0.4, -0.2) is 75.0 Å². The Morgan fingerprint density at radius 1 is 1.11 bits per heavy atom. The first-order valence-corrected chi connectivity index (χ1v) is 18.9. The van der Waals surface area contributed by atoms with E-state index in [1.165, 1.54) is 13.2 Å². The summed E-state index contributed by atoms with van der Waals surface area (Å²) in [4.78, 5) is 20.0. The van der Waals surface area contributed by atoms with Crippen LogP contribution in [0.4, 0.5) is 8.78 Å². The molecule has 8 nitrogen and oxygen atoms in total. The fraction of sp³-hybridized carbons (Fsp3) is 0.588. The molecule has 0 unspecified atom stereocenters. The number of imidazole rings is 1. The Labute approximate surface area is 266 Å². The molecule has 45 heavy (non-hydrogen) atoms. The number of piperidine rings is 1. The quantitative estimate of drug-likeness (QED) is 0.132. The average Bonchev–Trinajstić information content (AvgIpc) is 3.69. The third-order valence-electron chi connectivity index (χ3n) is 9.50. The molecule has 1 saturated carbocycles. The van der Waals surface area contributed by atoms with Crippen molar-refractivity contribution in [3.8, 4) is 28.5 Å². The van der Waals surface area contributed by atoms with Crippen molar-refractivity contribution in [1.82, 2.24) is 14.3 Å². The molecule has 1 saturated heterocycles. The second kappa shape index (κ2) is 13.8. The van der Waals surface area contributed by atoms with Crippen LogP contribution in [0.1, 0.15) is 63.2 Å². The van der Waals surface area contributed by atoms with Crippen LogP contribution in [0.25, 0.3) is 16.9 Å². The molecule has 0 N–H and O–H groups in total. The Bertz CT molecular complexity index is 1480. The van der Waals surface area contributed by atoms with E-state index in [1.807, 2.05) is 22.7 Å². The number of likely N-dealkylation sites (tertiary alicyclic amines) is 1. The molecule has 0 amide bonds. The molecule has 1 aliphatic carbocycles. The average molecular weight is 644 g/mol. The molecule has 0 radical (unpaired) electrons. The lowest BCUT2D eigenvalue weighted by molar-refractivity contribution is -0.0502. The standard InChI is InChI=1S/C34H47F2N3O5Si/c1-34(2,3)45(5,6)43-15-14-38-12-7-8-24(21-38)22-42-26-11-13-39-27(20-37-31(39)19-26)25-17-29(41-4)32(28(40)16-23-9-10-23)30(18-25)44-33(35)36/h11,13,17-20,23-24,33H,7-10,12,14-16,21-22H2,1-6H3/t24-/m0/s1. The number of ketones is 1. The van der Waals surface area contributed by atoms with Crippen LogP contribution in [0.15, 0.2) is 36.7 Å². The van der Waals surface area contributed by atoms with Gasteiger partial charge in [0.05, 0.1) is 25.6 Å². The molecule has 1 atom stereocenters. The molecule has 3 heterocycles. The Hall–Kier alpha value is -3.02. The van der Waals surface area contributed by atoms with Crippen molar-refractivity contribution >= 4 is 19.7 Å². The van der Waals surface area contributed by atoms with E-state index in [4.69, 9.17) is 18.6 Å². The van der Waals surface area contributed by atoms with E-state index in [1.54, 1.807) is 12.3 Å². The Kier molecular flexibility index (Phi) is 10.2. The first kappa shape index (κ1) is 33.3. The summed E-state index contributed by atoms with van der Waals surface area (Å²) >= 11 is 0. The highest BCUT2D eigenvalue weighted by Crippen LogP contribution is 2.41. The topological polar surface area (TPSA) is 74.5 Å². The van der Waals surface area contributed by atoms with Gasteiger partial charge in [0.25, 0.3) is 0 Å². The third-order valence-corrected chi connectivity index (χ3v) is 14.0. The van der Waals surface area contributed by atoms with E-state index in [-0.39, 0.29) is 34.3 Å². The SMILES string of the molecule is COc1cc(-c2cnc3cc(OC[C@H]4CCCN(CCO[Si](C)(C)C(C)(C)C)C4)ccn23)cc(OC(F)F)c1C(=O)CC1CC1. The molecule has 1 aromatic carbocycles. The van der Waals surface area contributed by atoms with Gasteiger partial charge in [-0.25, -0.2) is 4.98 Å². The second-order valence-electron chi connectivity index (χ2n) is 14.0. The summed E-state index contributed by atoms with van der Waals surface area (Å²) in [5.41, 5.74) is 1.91.